The Morgan fingerprint density at radius 2 is 2.00 bits per heavy atom. The topological polar surface area (TPSA) is 46.5 Å². The van der Waals surface area contributed by atoms with Gasteiger partial charge >= 0.3 is 5.97 Å². The molecule has 1 atom stereocenters. The second kappa shape index (κ2) is 5.47. The molecule has 108 valence electrons. The lowest BCUT2D eigenvalue weighted by atomic mass is 9.84. The maximum atomic E-state index is 11.2. The number of ether oxygens (including phenoxy) is 1. The molecule has 0 spiro atoms. The number of hydrogen-bond donors (Lipinski definition) is 1. The highest BCUT2D eigenvalue weighted by molar-refractivity contribution is 5.89. The monoisotopic (exact) mass is 274 g/mol. The van der Waals surface area contributed by atoms with Crippen molar-refractivity contribution in [2.45, 2.75) is 58.0 Å². The molecule has 20 heavy (non-hydrogen) atoms. The predicted molar refractivity (Wildman–Crippen MR) is 77.5 cm³/mol. The van der Waals surface area contributed by atoms with E-state index in [1.807, 2.05) is 0 Å². The summed E-state index contributed by atoms with van der Waals surface area (Å²) in [6, 6.07) is 3.50. The number of rotatable bonds is 4. The van der Waals surface area contributed by atoms with E-state index in [9.17, 15) is 9.90 Å². The molecule has 0 bridgehead atoms. The minimum atomic E-state index is -0.866. The summed E-state index contributed by atoms with van der Waals surface area (Å²) in [4.78, 5) is 11.2. The fourth-order valence-electron chi connectivity index (χ4n) is 3.42. The van der Waals surface area contributed by atoms with E-state index in [4.69, 9.17) is 4.74 Å². The lowest BCUT2D eigenvalue weighted by molar-refractivity contribution is 0.0694. The molecule has 1 aromatic rings. The second-order valence-corrected chi connectivity index (χ2v) is 6.14. The number of carbonyl (C=O) groups is 1. The van der Waals surface area contributed by atoms with Crippen molar-refractivity contribution in [3.05, 3.63) is 28.8 Å². The van der Waals surface area contributed by atoms with Crippen molar-refractivity contribution in [3.63, 3.8) is 0 Å². The summed E-state index contributed by atoms with van der Waals surface area (Å²) in [5.41, 5.74) is 2.72. The number of benzene rings is 1. The van der Waals surface area contributed by atoms with Gasteiger partial charge in [-0.3, -0.25) is 0 Å². The molecule has 0 radical (unpaired) electrons. The minimum absolute atomic E-state index is 0.184. The SMILES string of the molecule is C[C@H](Oc1cc(C(=O)O)cc2c1CC2)C1CCCCC1. The fraction of sp³-hybridized carbons (Fsp3) is 0.588. The van der Waals surface area contributed by atoms with Crippen LogP contribution in [0.3, 0.4) is 0 Å². The molecule has 3 rings (SSSR count). The van der Waals surface area contributed by atoms with Gasteiger partial charge < -0.3 is 9.84 Å². The lowest BCUT2D eigenvalue weighted by Gasteiger charge is -2.31. The third-order valence-corrected chi connectivity index (χ3v) is 4.82. The molecule has 0 saturated heterocycles. The van der Waals surface area contributed by atoms with Crippen LogP contribution in [0.15, 0.2) is 12.1 Å². The number of carboxylic acid groups (broad SMARTS) is 1. The van der Waals surface area contributed by atoms with E-state index in [1.165, 1.54) is 37.7 Å². The van der Waals surface area contributed by atoms with Crippen LogP contribution in [0.25, 0.3) is 0 Å². The highest BCUT2D eigenvalue weighted by Gasteiger charge is 2.26. The molecule has 1 N–H and O–H groups in total. The Balaban J connectivity index is 1.78. The number of hydrogen-bond acceptors (Lipinski definition) is 2. The zero-order valence-electron chi connectivity index (χ0n) is 12.0. The zero-order valence-corrected chi connectivity index (χ0v) is 12.0. The van der Waals surface area contributed by atoms with E-state index >= 15 is 0 Å². The van der Waals surface area contributed by atoms with Gasteiger partial charge in [-0.05, 0) is 61.8 Å². The third-order valence-electron chi connectivity index (χ3n) is 4.82. The van der Waals surface area contributed by atoms with E-state index in [-0.39, 0.29) is 6.10 Å². The quantitative estimate of drug-likeness (QED) is 0.907. The average Bonchev–Trinajstić information content (AvgIpc) is 2.41. The van der Waals surface area contributed by atoms with Crippen molar-refractivity contribution in [2.24, 2.45) is 5.92 Å². The van der Waals surface area contributed by atoms with Gasteiger partial charge in [0.2, 0.25) is 0 Å². The molecule has 1 fully saturated rings. The molecule has 0 heterocycles. The van der Waals surface area contributed by atoms with E-state index in [0.717, 1.165) is 24.2 Å². The first-order chi connectivity index (χ1) is 9.65. The molecular formula is C17H22O3. The summed E-state index contributed by atoms with van der Waals surface area (Å²) >= 11 is 0. The molecule has 0 aromatic heterocycles. The van der Waals surface area contributed by atoms with Crippen LogP contribution in [0.1, 0.15) is 60.5 Å². The van der Waals surface area contributed by atoms with E-state index in [1.54, 1.807) is 12.1 Å². The van der Waals surface area contributed by atoms with Gasteiger partial charge in [0, 0.05) is 0 Å². The average molecular weight is 274 g/mol. The Kier molecular flexibility index (Phi) is 3.68. The number of fused-ring (bicyclic) bond motifs is 1. The van der Waals surface area contributed by atoms with Gasteiger partial charge in [0.1, 0.15) is 5.75 Å². The van der Waals surface area contributed by atoms with Gasteiger partial charge in [0.15, 0.2) is 0 Å². The van der Waals surface area contributed by atoms with E-state index < -0.39 is 5.97 Å². The Labute approximate surface area is 120 Å². The zero-order chi connectivity index (χ0) is 14.1. The molecule has 3 heteroatoms. The van der Waals surface area contributed by atoms with Crippen molar-refractivity contribution in [1.29, 1.82) is 0 Å². The molecule has 3 nitrogen and oxygen atoms in total. The van der Waals surface area contributed by atoms with Gasteiger partial charge in [-0.2, -0.15) is 0 Å². The first-order valence-corrected chi connectivity index (χ1v) is 7.71. The van der Waals surface area contributed by atoms with Crippen LogP contribution in [-0.4, -0.2) is 17.2 Å². The predicted octanol–water partition coefficient (Wildman–Crippen LogP) is 3.83. The normalized spacial score (nSPS) is 19.9. The van der Waals surface area contributed by atoms with Crippen molar-refractivity contribution >= 4 is 5.97 Å². The highest BCUT2D eigenvalue weighted by Crippen LogP contribution is 2.36. The van der Waals surface area contributed by atoms with Crippen LogP contribution in [-0.2, 0) is 12.8 Å². The lowest BCUT2D eigenvalue weighted by Crippen LogP contribution is -2.27. The number of carboxylic acids is 1. The number of aromatic carboxylic acids is 1. The van der Waals surface area contributed by atoms with E-state index in [2.05, 4.69) is 6.92 Å². The molecule has 1 saturated carbocycles. The van der Waals surface area contributed by atoms with Gasteiger partial charge in [-0.15, -0.1) is 0 Å². The van der Waals surface area contributed by atoms with Crippen molar-refractivity contribution in [2.75, 3.05) is 0 Å². The first-order valence-electron chi connectivity index (χ1n) is 7.71. The van der Waals surface area contributed by atoms with Crippen molar-refractivity contribution in [1.82, 2.24) is 0 Å². The molecule has 2 aliphatic rings. The largest absolute Gasteiger partial charge is 0.490 e. The van der Waals surface area contributed by atoms with Crippen LogP contribution in [0, 0.1) is 5.92 Å². The Hall–Kier alpha value is -1.51. The Morgan fingerprint density at radius 1 is 1.25 bits per heavy atom. The summed E-state index contributed by atoms with van der Waals surface area (Å²) in [5, 5.41) is 9.18. The summed E-state index contributed by atoms with van der Waals surface area (Å²) < 4.78 is 6.14. The fourth-order valence-corrected chi connectivity index (χ4v) is 3.42. The minimum Gasteiger partial charge on any atom is -0.490 e. The van der Waals surface area contributed by atoms with Crippen molar-refractivity contribution in [3.8, 4) is 5.75 Å². The summed E-state index contributed by atoms with van der Waals surface area (Å²) in [6.07, 6.45) is 8.59. The second-order valence-electron chi connectivity index (χ2n) is 6.14. The molecule has 1 aromatic carbocycles. The number of aryl methyl sites for hydroxylation is 1. The Bertz CT molecular complexity index is 515. The smallest absolute Gasteiger partial charge is 0.335 e. The molecule has 0 unspecified atom stereocenters. The Morgan fingerprint density at radius 3 is 2.60 bits per heavy atom. The molecule has 0 aliphatic heterocycles. The van der Waals surface area contributed by atoms with Crippen LogP contribution in [0.4, 0.5) is 0 Å². The summed E-state index contributed by atoms with van der Waals surface area (Å²) in [5.74, 6) is 0.562. The summed E-state index contributed by atoms with van der Waals surface area (Å²) in [7, 11) is 0. The van der Waals surface area contributed by atoms with Crippen LogP contribution >= 0.6 is 0 Å². The third kappa shape index (κ3) is 2.54. The molecule has 0 amide bonds. The molecular weight excluding hydrogens is 252 g/mol. The highest BCUT2D eigenvalue weighted by atomic mass is 16.5. The maximum absolute atomic E-state index is 11.2. The van der Waals surface area contributed by atoms with Crippen LogP contribution < -0.4 is 4.74 Å². The molecule has 2 aliphatic carbocycles. The van der Waals surface area contributed by atoms with Crippen LogP contribution in [0.5, 0.6) is 5.75 Å². The standard InChI is InChI=1S/C17H22O3/c1-11(12-5-3-2-4-6-12)20-16-10-14(17(18)19)9-13-7-8-15(13)16/h9-12H,2-8H2,1H3,(H,18,19)/t11-/m0/s1. The maximum Gasteiger partial charge on any atom is 0.335 e. The van der Waals surface area contributed by atoms with Gasteiger partial charge in [0.25, 0.3) is 0 Å². The van der Waals surface area contributed by atoms with E-state index in [0.29, 0.717) is 11.5 Å². The van der Waals surface area contributed by atoms with Crippen molar-refractivity contribution < 1.29 is 14.6 Å². The van der Waals surface area contributed by atoms with Gasteiger partial charge in [0.05, 0.1) is 11.7 Å². The summed E-state index contributed by atoms with van der Waals surface area (Å²) in [6.45, 7) is 2.13. The first kappa shape index (κ1) is 13.5. The van der Waals surface area contributed by atoms with Gasteiger partial charge in [-0.25, -0.2) is 4.79 Å². The van der Waals surface area contributed by atoms with Gasteiger partial charge in [-0.1, -0.05) is 19.3 Å². The van der Waals surface area contributed by atoms with Crippen LogP contribution in [0.2, 0.25) is 0 Å².